The van der Waals surface area contributed by atoms with Crippen molar-refractivity contribution in [2.75, 3.05) is 6.54 Å². The quantitative estimate of drug-likeness (QED) is 0.792. The molecule has 0 aromatic heterocycles. The number of hydrogen-bond acceptors (Lipinski definition) is 2. The lowest BCUT2D eigenvalue weighted by atomic mass is 10.0. The number of rotatable bonds is 7. The number of halogens is 2. The van der Waals surface area contributed by atoms with Gasteiger partial charge >= 0.3 is 0 Å². The van der Waals surface area contributed by atoms with E-state index in [-0.39, 0.29) is 24.1 Å². The summed E-state index contributed by atoms with van der Waals surface area (Å²) in [6, 6.07) is 4.75. The highest BCUT2D eigenvalue weighted by molar-refractivity contribution is 6.35. The van der Waals surface area contributed by atoms with E-state index in [9.17, 15) is 9.59 Å². The summed E-state index contributed by atoms with van der Waals surface area (Å²) in [6.07, 6.45) is 1.77. The maximum absolute atomic E-state index is 12.0. The van der Waals surface area contributed by atoms with Crippen molar-refractivity contribution in [2.24, 2.45) is 5.92 Å². The zero-order valence-electron chi connectivity index (χ0n) is 13.1. The van der Waals surface area contributed by atoms with Gasteiger partial charge in [-0.3, -0.25) is 9.59 Å². The molecule has 0 saturated heterocycles. The Morgan fingerprint density at radius 3 is 2.50 bits per heavy atom. The first kappa shape index (κ1) is 18.8. The fourth-order valence-corrected chi connectivity index (χ4v) is 2.48. The van der Waals surface area contributed by atoms with Crippen LogP contribution in [0.25, 0.3) is 0 Å². The molecule has 0 spiro atoms. The predicted octanol–water partition coefficient (Wildman–Crippen LogP) is 3.66. The van der Waals surface area contributed by atoms with Gasteiger partial charge in [-0.2, -0.15) is 0 Å². The van der Waals surface area contributed by atoms with Crippen LogP contribution in [0.3, 0.4) is 0 Å². The molecule has 0 bridgehead atoms. The van der Waals surface area contributed by atoms with E-state index in [1.807, 2.05) is 6.92 Å². The molecule has 6 heteroatoms. The maximum atomic E-state index is 12.0. The molecule has 1 aromatic carbocycles. The molecule has 0 unspecified atom stereocenters. The Kier molecular flexibility index (Phi) is 7.69. The molecule has 22 heavy (non-hydrogen) atoms. The molecule has 2 N–H and O–H groups in total. The molecule has 1 aromatic rings. The summed E-state index contributed by atoms with van der Waals surface area (Å²) in [7, 11) is 0. The van der Waals surface area contributed by atoms with Crippen LogP contribution in [0.5, 0.6) is 0 Å². The fourth-order valence-electron chi connectivity index (χ4n) is 2.10. The fraction of sp³-hybridized carbons (Fsp3) is 0.500. The lowest BCUT2D eigenvalue weighted by Crippen LogP contribution is -2.42. The average Bonchev–Trinajstić information content (AvgIpc) is 2.46. The molecule has 4 nitrogen and oxygen atoms in total. The lowest BCUT2D eigenvalue weighted by molar-refractivity contribution is -0.120. The second-order valence-electron chi connectivity index (χ2n) is 5.61. The largest absolute Gasteiger partial charge is 0.352 e. The van der Waals surface area contributed by atoms with Gasteiger partial charge in [0, 0.05) is 11.1 Å². The van der Waals surface area contributed by atoms with Crippen molar-refractivity contribution in [3.63, 3.8) is 0 Å². The highest BCUT2D eigenvalue weighted by atomic mass is 35.5. The lowest BCUT2D eigenvalue weighted by Gasteiger charge is -2.19. The Bertz CT molecular complexity index is 533. The van der Waals surface area contributed by atoms with Gasteiger partial charge in [-0.1, -0.05) is 44.0 Å². The number of hydrogen-bond donors (Lipinski definition) is 2. The molecule has 0 saturated carbocycles. The SMILES string of the molecule is CC[C@H](CC(C)C)NC(=O)CNC(=O)c1cc(Cl)ccc1Cl. The van der Waals surface area contributed by atoms with E-state index >= 15 is 0 Å². The molecule has 0 fully saturated rings. The van der Waals surface area contributed by atoms with Crippen LogP contribution < -0.4 is 10.6 Å². The number of carbonyl (C=O) groups excluding carboxylic acids is 2. The Morgan fingerprint density at radius 1 is 1.23 bits per heavy atom. The molecule has 0 heterocycles. The molecule has 0 aliphatic carbocycles. The van der Waals surface area contributed by atoms with E-state index in [0.29, 0.717) is 16.0 Å². The summed E-state index contributed by atoms with van der Waals surface area (Å²) in [5.41, 5.74) is 0.260. The van der Waals surface area contributed by atoms with Crippen molar-refractivity contribution in [3.05, 3.63) is 33.8 Å². The van der Waals surface area contributed by atoms with E-state index in [1.165, 1.54) is 6.07 Å². The Hall–Kier alpha value is -1.26. The molecule has 122 valence electrons. The number of nitrogens with one attached hydrogen (secondary N) is 2. The van der Waals surface area contributed by atoms with E-state index in [0.717, 1.165) is 12.8 Å². The number of carbonyl (C=O) groups is 2. The molecular formula is C16H22Cl2N2O2. The summed E-state index contributed by atoms with van der Waals surface area (Å²) in [6.45, 7) is 6.16. The van der Waals surface area contributed by atoms with Crippen molar-refractivity contribution < 1.29 is 9.59 Å². The summed E-state index contributed by atoms with van der Waals surface area (Å²) < 4.78 is 0. The number of benzene rings is 1. The smallest absolute Gasteiger partial charge is 0.253 e. The van der Waals surface area contributed by atoms with Crippen LogP contribution in [-0.2, 0) is 4.79 Å². The summed E-state index contributed by atoms with van der Waals surface area (Å²) in [4.78, 5) is 23.9. The molecule has 0 radical (unpaired) electrons. The predicted molar refractivity (Wildman–Crippen MR) is 90.5 cm³/mol. The number of amides is 2. The second-order valence-corrected chi connectivity index (χ2v) is 6.45. The van der Waals surface area contributed by atoms with Crippen molar-refractivity contribution in [1.82, 2.24) is 10.6 Å². The van der Waals surface area contributed by atoms with Gasteiger partial charge in [0.2, 0.25) is 5.91 Å². The van der Waals surface area contributed by atoms with Crippen LogP contribution in [0.1, 0.15) is 44.0 Å². The van der Waals surface area contributed by atoms with Crippen LogP contribution in [0, 0.1) is 5.92 Å². The van der Waals surface area contributed by atoms with E-state index in [1.54, 1.807) is 12.1 Å². The molecule has 0 aliphatic heterocycles. The molecule has 0 aliphatic rings. The van der Waals surface area contributed by atoms with Crippen LogP contribution >= 0.6 is 23.2 Å². The Labute approximate surface area is 141 Å². The van der Waals surface area contributed by atoms with Gasteiger partial charge in [-0.05, 0) is 37.0 Å². The van der Waals surface area contributed by atoms with E-state index < -0.39 is 5.91 Å². The second kappa shape index (κ2) is 9.01. The highest BCUT2D eigenvalue weighted by Gasteiger charge is 2.15. The maximum Gasteiger partial charge on any atom is 0.253 e. The zero-order chi connectivity index (χ0) is 16.7. The normalized spacial score (nSPS) is 12.1. The van der Waals surface area contributed by atoms with Crippen LogP contribution in [0.4, 0.5) is 0 Å². The van der Waals surface area contributed by atoms with Gasteiger partial charge in [0.05, 0.1) is 17.1 Å². The van der Waals surface area contributed by atoms with E-state index in [4.69, 9.17) is 23.2 Å². The van der Waals surface area contributed by atoms with E-state index in [2.05, 4.69) is 24.5 Å². The van der Waals surface area contributed by atoms with Crippen molar-refractivity contribution in [3.8, 4) is 0 Å². The van der Waals surface area contributed by atoms with Crippen molar-refractivity contribution >= 4 is 35.0 Å². The first-order valence-corrected chi connectivity index (χ1v) is 8.11. The van der Waals surface area contributed by atoms with Gasteiger partial charge in [-0.25, -0.2) is 0 Å². The zero-order valence-corrected chi connectivity index (χ0v) is 14.6. The van der Waals surface area contributed by atoms with Crippen molar-refractivity contribution in [1.29, 1.82) is 0 Å². The van der Waals surface area contributed by atoms with Gasteiger partial charge in [0.15, 0.2) is 0 Å². The van der Waals surface area contributed by atoms with Crippen LogP contribution in [0.15, 0.2) is 18.2 Å². The van der Waals surface area contributed by atoms with Crippen molar-refractivity contribution in [2.45, 2.75) is 39.7 Å². The molecule has 2 amide bonds. The third-order valence-electron chi connectivity index (χ3n) is 3.20. The Balaban J connectivity index is 2.53. The third kappa shape index (κ3) is 6.24. The standard InChI is InChI=1S/C16H22Cl2N2O2/c1-4-12(7-10(2)3)20-15(21)9-19-16(22)13-8-11(17)5-6-14(13)18/h5-6,8,10,12H,4,7,9H2,1-3H3,(H,19,22)(H,20,21)/t12-/m1/s1. The minimum atomic E-state index is -0.417. The Morgan fingerprint density at radius 2 is 1.91 bits per heavy atom. The van der Waals surface area contributed by atoms with Gasteiger partial charge in [0.1, 0.15) is 0 Å². The molecular weight excluding hydrogens is 323 g/mol. The first-order valence-electron chi connectivity index (χ1n) is 7.36. The van der Waals surface area contributed by atoms with Crippen LogP contribution in [-0.4, -0.2) is 24.4 Å². The average molecular weight is 345 g/mol. The molecule has 1 rings (SSSR count). The minimum Gasteiger partial charge on any atom is -0.352 e. The summed E-state index contributed by atoms with van der Waals surface area (Å²) in [5, 5.41) is 6.19. The topological polar surface area (TPSA) is 58.2 Å². The third-order valence-corrected chi connectivity index (χ3v) is 3.76. The summed E-state index contributed by atoms with van der Waals surface area (Å²) >= 11 is 11.8. The monoisotopic (exact) mass is 344 g/mol. The van der Waals surface area contributed by atoms with Gasteiger partial charge in [-0.15, -0.1) is 0 Å². The first-order chi connectivity index (χ1) is 10.3. The van der Waals surface area contributed by atoms with Gasteiger partial charge < -0.3 is 10.6 Å². The molecule has 1 atom stereocenters. The summed E-state index contributed by atoms with van der Waals surface area (Å²) in [5.74, 6) is -0.122. The minimum absolute atomic E-state index is 0.0870. The van der Waals surface area contributed by atoms with Gasteiger partial charge in [0.25, 0.3) is 5.91 Å². The van der Waals surface area contributed by atoms with Crippen LogP contribution in [0.2, 0.25) is 10.0 Å². The highest BCUT2D eigenvalue weighted by Crippen LogP contribution is 2.20.